The number of nitrogens with one attached hydrogen (secondary N) is 1. The highest BCUT2D eigenvalue weighted by molar-refractivity contribution is 6.00. The predicted molar refractivity (Wildman–Crippen MR) is 133 cm³/mol. The first-order valence-corrected chi connectivity index (χ1v) is 12.5. The Kier molecular flexibility index (Phi) is 7.17. The zero-order valence-electron chi connectivity index (χ0n) is 21.0. The van der Waals surface area contributed by atoms with Crippen LogP contribution in [0.2, 0.25) is 0 Å². The first kappa shape index (κ1) is 25.8. The molecule has 1 amide bonds. The molecule has 2 aliphatic carbocycles. The number of hydrogen-bond acceptors (Lipinski definition) is 7. The van der Waals surface area contributed by atoms with Crippen LogP contribution in [-0.2, 0) is 22.4 Å². The van der Waals surface area contributed by atoms with Gasteiger partial charge in [-0.3, -0.25) is 14.4 Å². The number of anilines is 1. The van der Waals surface area contributed by atoms with Crippen LogP contribution < -0.4 is 16.8 Å². The number of amides is 1. The van der Waals surface area contributed by atoms with Gasteiger partial charge in [0.15, 0.2) is 5.78 Å². The van der Waals surface area contributed by atoms with Crippen LogP contribution in [0, 0.1) is 11.2 Å². The van der Waals surface area contributed by atoms with E-state index in [1.807, 2.05) is 20.8 Å². The lowest BCUT2D eigenvalue weighted by atomic mass is 9.75. The molecule has 1 aromatic heterocycles. The number of benzene rings is 1. The highest BCUT2D eigenvalue weighted by Gasteiger charge is 2.36. The molecule has 1 saturated carbocycles. The van der Waals surface area contributed by atoms with Gasteiger partial charge < -0.3 is 21.5 Å². The van der Waals surface area contributed by atoms with Gasteiger partial charge in [-0.05, 0) is 50.0 Å². The Labute approximate surface area is 209 Å². The maximum atomic E-state index is 15.3. The van der Waals surface area contributed by atoms with Crippen molar-refractivity contribution in [2.45, 2.75) is 77.9 Å². The summed E-state index contributed by atoms with van der Waals surface area (Å²) in [6, 6.07) is 2.85. The van der Waals surface area contributed by atoms with Gasteiger partial charge in [-0.2, -0.15) is 5.10 Å². The first-order valence-electron chi connectivity index (χ1n) is 12.5. The Morgan fingerprint density at radius 2 is 1.92 bits per heavy atom. The summed E-state index contributed by atoms with van der Waals surface area (Å²) in [7, 11) is 0. The van der Waals surface area contributed by atoms with Crippen molar-refractivity contribution in [1.29, 1.82) is 0 Å². The minimum absolute atomic E-state index is 0.0454. The molecule has 36 heavy (non-hydrogen) atoms. The monoisotopic (exact) mass is 499 g/mol. The molecule has 2 aliphatic rings. The number of halogens is 1. The summed E-state index contributed by atoms with van der Waals surface area (Å²) in [6.45, 7) is 5.83. The van der Waals surface area contributed by atoms with Crippen LogP contribution in [0.1, 0.15) is 85.0 Å². The molecule has 2 aromatic rings. The van der Waals surface area contributed by atoms with Crippen LogP contribution in [0.5, 0.6) is 0 Å². The number of aryl methyl sites for hydroxylation is 1. The maximum Gasteiger partial charge on any atom is 0.319 e. The molecule has 10 heteroatoms. The number of hydrogen-bond donors (Lipinski definition) is 3. The molecule has 0 saturated heterocycles. The number of Topliss-reactive ketones (excluding diaryl/α,β-unsaturated/α-hetero) is 1. The number of primary amides is 1. The summed E-state index contributed by atoms with van der Waals surface area (Å²) in [6.07, 6.45) is 3.99. The zero-order chi connectivity index (χ0) is 26.2. The van der Waals surface area contributed by atoms with Crippen molar-refractivity contribution in [3.05, 3.63) is 40.5 Å². The molecule has 5 N–H and O–H groups in total. The third-order valence-corrected chi connectivity index (χ3v) is 7.02. The SMILES string of the molecule is CCc1nn(-c2cc(F)c(C(N)=O)c(N[C@H]3CC[C@H](OC(=O)CN)CC3)c2)c2c1C(=O)CC(C)(C)C2. The molecule has 0 spiro atoms. The quantitative estimate of drug-likeness (QED) is 0.497. The number of nitrogens with zero attached hydrogens (tertiary/aromatic N) is 2. The van der Waals surface area contributed by atoms with Crippen molar-refractivity contribution in [2.75, 3.05) is 11.9 Å². The van der Waals surface area contributed by atoms with Gasteiger partial charge in [0.05, 0.1) is 40.4 Å². The average molecular weight is 500 g/mol. The van der Waals surface area contributed by atoms with Gasteiger partial charge in [0.2, 0.25) is 0 Å². The zero-order valence-corrected chi connectivity index (χ0v) is 21.0. The number of rotatable bonds is 7. The number of aromatic nitrogens is 2. The topological polar surface area (TPSA) is 142 Å². The molecule has 0 unspecified atom stereocenters. The van der Waals surface area contributed by atoms with E-state index in [0.29, 0.717) is 61.9 Å². The third-order valence-electron chi connectivity index (χ3n) is 7.02. The summed E-state index contributed by atoms with van der Waals surface area (Å²) < 4.78 is 22.2. The van der Waals surface area contributed by atoms with Gasteiger partial charge in [0.25, 0.3) is 5.91 Å². The summed E-state index contributed by atoms with van der Waals surface area (Å²) in [4.78, 5) is 36.6. The lowest BCUT2D eigenvalue weighted by Gasteiger charge is -2.30. The van der Waals surface area contributed by atoms with Gasteiger partial charge in [-0.15, -0.1) is 0 Å². The third kappa shape index (κ3) is 5.13. The fraction of sp³-hybridized carbons (Fsp3) is 0.538. The van der Waals surface area contributed by atoms with Gasteiger partial charge in [0.1, 0.15) is 11.9 Å². The summed E-state index contributed by atoms with van der Waals surface area (Å²) in [5, 5.41) is 7.95. The molecular formula is C26H34FN5O4. The largest absolute Gasteiger partial charge is 0.461 e. The molecule has 0 atom stereocenters. The Balaban J connectivity index is 1.67. The highest BCUT2D eigenvalue weighted by Crippen LogP contribution is 2.38. The van der Waals surface area contributed by atoms with Crippen molar-refractivity contribution in [3.63, 3.8) is 0 Å². The molecule has 0 radical (unpaired) electrons. The highest BCUT2D eigenvalue weighted by atomic mass is 19.1. The minimum atomic E-state index is -0.875. The van der Waals surface area contributed by atoms with E-state index in [9.17, 15) is 14.4 Å². The number of esters is 1. The molecule has 1 fully saturated rings. The second kappa shape index (κ2) is 10.0. The Bertz CT molecular complexity index is 1200. The average Bonchev–Trinajstić information content (AvgIpc) is 3.17. The Hall–Kier alpha value is -3.27. The van der Waals surface area contributed by atoms with E-state index in [1.165, 1.54) is 6.07 Å². The number of nitrogens with two attached hydrogens (primary N) is 2. The molecule has 0 bridgehead atoms. The lowest BCUT2D eigenvalue weighted by molar-refractivity contribution is -0.148. The van der Waals surface area contributed by atoms with Gasteiger partial charge in [-0.1, -0.05) is 20.8 Å². The second-order valence-electron chi connectivity index (χ2n) is 10.5. The molecular weight excluding hydrogens is 465 g/mol. The molecule has 9 nitrogen and oxygen atoms in total. The molecule has 0 aliphatic heterocycles. The Morgan fingerprint density at radius 3 is 2.53 bits per heavy atom. The van der Waals surface area contributed by atoms with Crippen LogP contribution in [0.3, 0.4) is 0 Å². The van der Waals surface area contributed by atoms with Crippen molar-refractivity contribution in [2.24, 2.45) is 16.9 Å². The van der Waals surface area contributed by atoms with Crippen molar-refractivity contribution in [1.82, 2.24) is 9.78 Å². The standard InChI is InChI=1S/C26H34FN5O4/c1-4-18-24-20(11-26(2,3)12-21(24)33)32(31-18)15-9-17(27)23(25(29)35)19(10-15)30-14-5-7-16(8-6-14)36-22(34)13-28/h9-10,14,16,30H,4-8,11-13,28H2,1-3H3,(H2,29,35)/t14-,16-. The van der Waals surface area contributed by atoms with Crippen molar-refractivity contribution >= 4 is 23.3 Å². The first-order chi connectivity index (χ1) is 17.0. The Morgan fingerprint density at radius 1 is 1.22 bits per heavy atom. The predicted octanol–water partition coefficient (Wildman–Crippen LogP) is 3.05. The van der Waals surface area contributed by atoms with Crippen molar-refractivity contribution < 1.29 is 23.5 Å². The number of ether oxygens (including phenoxy) is 1. The lowest BCUT2D eigenvalue weighted by Crippen LogP contribution is -2.33. The van der Waals surface area contributed by atoms with Crippen LogP contribution in [-0.4, -0.2) is 46.1 Å². The van der Waals surface area contributed by atoms with Gasteiger partial charge in [0, 0.05) is 18.5 Å². The van der Waals surface area contributed by atoms with E-state index in [2.05, 4.69) is 10.4 Å². The number of carbonyl (C=O) groups is 3. The van der Waals surface area contributed by atoms with Gasteiger partial charge in [-0.25, -0.2) is 9.07 Å². The van der Waals surface area contributed by atoms with Gasteiger partial charge >= 0.3 is 5.97 Å². The van der Waals surface area contributed by atoms with Crippen LogP contribution in [0.15, 0.2) is 12.1 Å². The van der Waals surface area contributed by atoms with Crippen LogP contribution in [0.4, 0.5) is 10.1 Å². The number of carbonyl (C=O) groups excluding carboxylic acids is 3. The smallest absolute Gasteiger partial charge is 0.319 e. The number of fused-ring (bicyclic) bond motifs is 1. The summed E-state index contributed by atoms with van der Waals surface area (Å²) >= 11 is 0. The van der Waals surface area contributed by atoms with Crippen molar-refractivity contribution in [3.8, 4) is 5.69 Å². The van der Waals surface area contributed by atoms with E-state index < -0.39 is 17.7 Å². The van der Waals surface area contributed by atoms with E-state index >= 15 is 4.39 Å². The van der Waals surface area contributed by atoms with E-state index in [4.69, 9.17) is 16.2 Å². The molecule has 1 heterocycles. The summed E-state index contributed by atoms with van der Waals surface area (Å²) in [5.74, 6) is -2.02. The molecule has 1 aromatic carbocycles. The number of ketones is 1. The molecule has 194 valence electrons. The van der Waals surface area contributed by atoms with E-state index in [0.717, 1.165) is 5.69 Å². The van der Waals surface area contributed by atoms with Crippen LogP contribution >= 0.6 is 0 Å². The van der Waals surface area contributed by atoms with E-state index in [1.54, 1.807) is 10.7 Å². The van der Waals surface area contributed by atoms with Crippen LogP contribution in [0.25, 0.3) is 5.69 Å². The van der Waals surface area contributed by atoms with E-state index in [-0.39, 0.29) is 41.1 Å². The fourth-order valence-electron chi connectivity index (χ4n) is 5.35. The minimum Gasteiger partial charge on any atom is -0.461 e. The maximum absolute atomic E-state index is 15.3. The normalized spacial score (nSPS) is 21.1. The second-order valence-corrected chi connectivity index (χ2v) is 10.5. The fourth-order valence-corrected chi connectivity index (χ4v) is 5.35. The molecule has 4 rings (SSSR count). The summed E-state index contributed by atoms with van der Waals surface area (Å²) in [5.41, 5.74) is 13.2.